The number of phenolic OH excluding ortho intramolecular Hbond substituents is 1. The molecule has 0 radical (unpaired) electrons. The highest BCUT2D eigenvalue weighted by Crippen LogP contribution is 2.38. The van der Waals surface area contributed by atoms with Gasteiger partial charge in [0.25, 0.3) is 0 Å². The molecule has 4 nitrogen and oxygen atoms in total. The van der Waals surface area contributed by atoms with Gasteiger partial charge in [-0.2, -0.15) is 0 Å². The average molecular weight is 380 g/mol. The molecule has 0 bridgehead atoms. The van der Waals surface area contributed by atoms with Gasteiger partial charge in [-0.05, 0) is 44.0 Å². The third-order valence-electron chi connectivity index (χ3n) is 5.00. The van der Waals surface area contributed by atoms with Gasteiger partial charge in [-0.3, -0.25) is 9.69 Å². The van der Waals surface area contributed by atoms with Crippen molar-refractivity contribution in [2.24, 2.45) is 0 Å². The van der Waals surface area contributed by atoms with Crippen molar-refractivity contribution in [1.82, 2.24) is 4.90 Å². The van der Waals surface area contributed by atoms with E-state index in [-0.39, 0.29) is 5.75 Å². The standard InChI is InChI=1S/C18H22BrNO3/c1-20-6-5-11-7-13(21)3-4-14(11)16(20)8-12-9-17(22)18(23-2)10-15(12)19/h9-10,16,22H,3-8H2,1-2H3. The van der Waals surface area contributed by atoms with Gasteiger partial charge in [0.2, 0.25) is 0 Å². The second-order valence-corrected chi connectivity index (χ2v) is 7.26. The Morgan fingerprint density at radius 1 is 1.35 bits per heavy atom. The van der Waals surface area contributed by atoms with Crippen molar-refractivity contribution in [2.75, 3.05) is 20.7 Å². The number of carbonyl (C=O) groups is 1. The quantitative estimate of drug-likeness (QED) is 0.816. The smallest absolute Gasteiger partial charge is 0.161 e. The van der Waals surface area contributed by atoms with Gasteiger partial charge >= 0.3 is 0 Å². The Hall–Kier alpha value is -1.33. The molecule has 5 heteroatoms. The van der Waals surface area contributed by atoms with Crippen LogP contribution >= 0.6 is 15.9 Å². The number of halogens is 1. The van der Waals surface area contributed by atoms with Crippen molar-refractivity contribution in [3.8, 4) is 11.5 Å². The number of hydrogen-bond donors (Lipinski definition) is 1. The van der Waals surface area contributed by atoms with Crippen LogP contribution in [-0.4, -0.2) is 42.5 Å². The molecule has 124 valence electrons. The Kier molecular flexibility index (Phi) is 4.78. The number of benzene rings is 1. The number of ketones is 1. The van der Waals surface area contributed by atoms with E-state index in [4.69, 9.17) is 4.74 Å². The second-order valence-electron chi connectivity index (χ2n) is 6.41. The molecule has 0 aromatic heterocycles. The number of nitrogens with zero attached hydrogens (tertiary/aromatic N) is 1. The Bertz CT molecular complexity index is 668. The van der Waals surface area contributed by atoms with Crippen LogP contribution in [0.5, 0.6) is 11.5 Å². The number of hydrogen-bond acceptors (Lipinski definition) is 4. The van der Waals surface area contributed by atoms with Crippen molar-refractivity contribution in [2.45, 2.75) is 38.1 Å². The summed E-state index contributed by atoms with van der Waals surface area (Å²) in [5, 5.41) is 10.1. The van der Waals surface area contributed by atoms with Crippen LogP contribution in [0.1, 0.15) is 31.2 Å². The molecule has 0 saturated heterocycles. The molecule has 0 amide bonds. The molecule has 0 fully saturated rings. The molecule has 1 aliphatic carbocycles. The molecule has 0 spiro atoms. The Morgan fingerprint density at radius 2 is 2.13 bits per heavy atom. The molecule has 23 heavy (non-hydrogen) atoms. The van der Waals surface area contributed by atoms with E-state index in [2.05, 4.69) is 27.9 Å². The molecule has 1 aromatic rings. The zero-order valence-electron chi connectivity index (χ0n) is 13.6. The fourth-order valence-corrected chi connectivity index (χ4v) is 4.15. The molecule has 2 aliphatic rings. The van der Waals surface area contributed by atoms with Gasteiger partial charge in [-0.15, -0.1) is 0 Å². The van der Waals surface area contributed by atoms with Crippen LogP contribution in [-0.2, 0) is 11.2 Å². The van der Waals surface area contributed by atoms with Crippen LogP contribution < -0.4 is 4.74 Å². The van der Waals surface area contributed by atoms with Crippen LogP contribution in [0.15, 0.2) is 27.8 Å². The predicted molar refractivity (Wildman–Crippen MR) is 93.0 cm³/mol. The van der Waals surface area contributed by atoms with E-state index in [1.165, 1.54) is 11.1 Å². The van der Waals surface area contributed by atoms with E-state index >= 15 is 0 Å². The number of rotatable bonds is 3. The summed E-state index contributed by atoms with van der Waals surface area (Å²) in [6.07, 6.45) is 4.00. The fourth-order valence-electron chi connectivity index (χ4n) is 3.67. The van der Waals surface area contributed by atoms with Crippen molar-refractivity contribution in [1.29, 1.82) is 0 Å². The molecule has 1 aliphatic heterocycles. The summed E-state index contributed by atoms with van der Waals surface area (Å²) in [6.45, 7) is 0.983. The first-order chi connectivity index (χ1) is 11.0. The van der Waals surface area contributed by atoms with E-state index in [1.807, 2.05) is 6.07 Å². The SMILES string of the molecule is COc1cc(Br)c(CC2C3=C(CCN2C)CC(=O)CC3)cc1O. The average Bonchev–Trinajstić information content (AvgIpc) is 2.53. The maximum absolute atomic E-state index is 11.7. The summed E-state index contributed by atoms with van der Waals surface area (Å²) in [7, 11) is 3.69. The summed E-state index contributed by atoms with van der Waals surface area (Å²) in [5.41, 5.74) is 3.84. The van der Waals surface area contributed by atoms with Crippen LogP contribution in [0.2, 0.25) is 0 Å². The lowest BCUT2D eigenvalue weighted by Crippen LogP contribution is -2.41. The minimum absolute atomic E-state index is 0.164. The first kappa shape index (κ1) is 16.5. The van der Waals surface area contributed by atoms with E-state index in [1.54, 1.807) is 13.2 Å². The molecule has 1 N–H and O–H groups in total. The molecular formula is C18H22BrNO3. The van der Waals surface area contributed by atoms with E-state index in [0.717, 1.165) is 35.8 Å². The summed E-state index contributed by atoms with van der Waals surface area (Å²) in [5.74, 6) is 1.01. The highest BCUT2D eigenvalue weighted by atomic mass is 79.9. The largest absolute Gasteiger partial charge is 0.504 e. The maximum Gasteiger partial charge on any atom is 0.161 e. The molecule has 1 unspecified atom stereocenters. The van der Waals surface area contributed by atoms with Crippen LogP contribution in [0.4, 0.5) is 0 Å². The summed E-state index contributed by atoms with van der Waals surface area (Å²) in [6, 6.07) is 3.89. The van der Waals surface area contributed by atoms with Crippen molar-refractivity contribution >= 4 is 21.7 Å². The third-order valence-corrected chi connectivity index (χ3v) is 5.74. The summed E-state index contributed by atoms with van der Waals surface area (Å²) < 4.78 is 6.10. The van der Waals surface area contributed by atoms with Gasteiger partial charge in [0.15, 0.2) is 11.5 Å². The minimum Gasteiger partial charge on any atom is -0.504 e. The number of phenols is 1. The van der Waals surface area contributed by atoms with Gasteiger partial charge in [0.05, 0.1) is 7.11 Å². The van der Waals surface area contributed by atoms with Crippen molar-refractivity contribution in [3.63, 3.8) is 0 Å². The molecular weight excluding hydrogens is 358 g/mol. The number of aromatic hydroxyl groups is 1. The first-order valence-electron chi connectivity index (χ1n) is 7.97. The number of likely N-dealkylation sites (N-methyl/N-ethyl adjacent to an activating group) is 1. The van der Waals surface area contributed by atoms with Crippen LogP contribution in [0.25, 0.3) is 0 Å². The number of methoxy groups -OCH3 is 1. The lowest BCUT2D eigenvalue weighted by molar-refractivity contribution is -0.118. The van der Waals surface area contributed by atoms with E-state index in [0.29, 0.717) is 30.4 Å². The normalized spacial score (nSPS) is 22.2. The maximum atomic E-state index is 11.7. The Morgan fingerprint density at radius 3 is 2.87 bits per heavy atom. The number of ether oxygens (including phenoxy) is 1. The highest BCUT2D eigenvalue weighted by molar-refractivity contribution is 9.10. The van der Waals surface area contributed by atoms with Crippen molar-refractivity contribution < 1.29 is 14.6 Å². The van der Waals surface area contributed by atoms with Gasteiger partial charge < -0.3 is 9.84 Å². The molecule has 1 atom stereocenters. The van der Waals surface area contributed by atoms with E-state index in [9.17, 15) is 9.90 Å². The first-order valence-corrected chi connectivity index (χ1v) is 8.77. The summed E-state index contributed by atoms with van der Waals surface area (Å²) in [4.78, 5) is 14.1. The zero-order chi connectivity index (χ0) is 16.6. The highest BCUT2D eigenvalue weighted by Gasteiger charge is 2.31. The van der Waals surface area contributed by atoms with E-state index < -0.39 is 0 Å². The predicted octanol–water partition coefficient (Wildman–Crippen LogP) is 3.46. The second kappa shape index (κ2) is 6.65. The van der Waals surface area contributed by atoms with Crippen LogP contribution in [0.3, 0.4) is 0 Å². The minimum atomic E-state index is 0.164. The molecule has 1 heterocycles. The zero-order valence-corrected chi connectivity index (χ0v) is 15.1. The Balaban J connectivity index is 1.90. The van der Waals surface area contributed by atoms with Gasteiger partial charge in [-0.1, -0.05) is 27.1 Å². The van der Waals surface area contributed by atoms with Gasteiger partial charge in [0.1, 0.15) is 5.78 Å². The number of Topliss-reactive ketones (excluding diaryl/α,β-unsaturated/α-hetero) is 1. The molecule has 1 aromatic carbocycles. The summed E-state index contributed by atoms with van der Waals surface area (Å²) >= 11 is 3.59. The molecule has 3 rings (SSSR count). The lowest BCUT2D eigenvalue weighted by Gasteiger charge is -2.39. The third kappa shape index (κ3) is 3.31. The van der Waals surface area contributed by atoms with Crippen LogP contribution in [0, 0.1) is 0 Å². The monoisotopic (exact) mass is 379 g/mol. The Labute approximate surface area is 145 Å². The number of carbonyl (C=O) groups excluding carboxylic acids is 1. The van der Waals surface area contributed by atoms with Crippen molar-refractivity contribution in [3.05, 3.63) is 33.3 Å². The topological polar surface area (TPSA) is 49.8 Å². The lowest BCUT2D eigenvalue weighted by atomic mass is 9.80. The molecule has 0 saturated carbocycles. The fraction of sp³-hybridized carbons (Fsp3) is 0.500. The van der Waals surface area contributed by atoms with Gasteiger partial charge in [-0.25, -0.2) is 0 Å². The van der Waals surface area contributed by atoms with Gasteiger partial charge in [0, 0.05) is 29.9 Å².